The molecule has 226 valence electrons. The van der Waals surface area contributed by atoms with Gasteiger partial charge in [0.15, 0.2) is 23.0 Å². The summed E-state index contributed by atoms with van der Waals surface area (Å²) in [5.74, 6) is 1.07. The van der Waals surface area contributed by atoms with E-state index in [0.29, 0.717) is 22.7 Å². The summed E-state index contributed by atoms with van der Waals surface area (Å²) in [5, 5.41) is 0. The number of anilines is 1. The zero-order valence-corrected chi connectivity index (χ0v) is 25.1. The van der Waals surface area contributed by atoms with Gasteiger partial charge in [-0.1, -0.05) is 66.8 Å². The largest absolute Gasteiger partial charge is 0.497 e. The van der Waals surface area contributed by atoms with Crippen molar-refractivity contribution in [3.8, 4) is 11.5 Å². The molecule has 6 rings (SSSR count). The summed E-state index contributed by atoms with van der Waals surface area (Å²) in [4.78, 5) is 23.9. The van der Waals surface area contributed by atoms with Gasteiger partial charge in [-0.2, -0.15) is 0 Å². The quantitative estimate of drug-likeness (QED) is 0.129. The number of nitrogen functional groups attached to an aromatic ring is 1. The highest BCUT2D eigenvalue weighted by Gasteiger charge is 2.48. The predicted octanol–water partition coefficient (Wildman–Crippen LogP) is 5.27. The van der Waals surface area contributed by atoms with E-state index >= 15 is 0 Å². The number of aromatic amines is 1. The summed E-state index contributed by atoms with van der Waals surface area (Å²) >= 11 is 5.36. The molecule has 0 amide bonds. The number of benzene rings is 3. The number of ether oxygens (including phenoxy) is 5. The summed E-state index contributed by atoms with van der Waals surface area (Å²) in [5.41, 5.74) is 8.21. The second kappa shape index (κ2) is 12.1. The number of fused-ring (bicyclic) bond motifs is 1. The first-order chi connectivity index (χ1) is 21.3. The van der Waals surface area contributed by atoms with Crippen molar-refractivity contribution < 1.29 is 28.5 Å². The molecule has 5 aromatic rings. The molecule has 0 unspecified atom stereocenters. The van der Waals surface area contributed by atoms with Crippen molar-refractivity contribution in [3.05, 3.63) is 107 Å². The van der Waals surface area contributed by atoms with Crippen molar-refractivity contribution in [3.63, 3.8) is 0 Å². The van der Waals surface area contributed by atoms with E-state index in [9.17, 15) is 4.79 Å². The van der Waals surface area contributed by atoms with E-state index in [1.165, 1.54) is 6.92 Å². The smallest absolute Gasteiger partial charge is 0.303 e. The second-order valence-corrected chi connectivity index (χ2v) is 10.6. The van der Waals surface area contributed by atoms with Crippen LogP contribution >= 0.6 is 12.2 Å². The molecule has 11 nitrogen and oxygen atoms in total. The molecule has 3 heterocycles. The number of nitrogens with zero attached hydrogens (tertiary/aromatic N) is 3. The number of carbonyl (C=O) groups is 1. The fourth-order valence-electron chi connectivity index (χ4n) is 5.58. The first kappa shape index (κ1) is 29.3. The number of H-pyrrole nitrogens is 1. The van der Waals surface area contributed by atoms with Gasteiger partial charge in [-0.05, 0) is 41.0 Å². The Hall–Kier alpha value is -4.78. The minimum atomic E-state index is -1.21. The van der Waals surface area contributed by atoms with Crippen LogP contribution in [0.2, 0.25) is 0 Å². The van der Waals surface area contributed by atoms with Gasteiger partial charge >= 0.3 is 5.97 Å². The third kappa shape index (κ3) is 5.39. The van der Waals surface area contributed by atoms with Crippen molar-refractivity contribution in [1.82, 2.24) is 19.5 Å². The number of nitrogens with one attached hydrogen (secondary N) is 1. The molecule has 2 aromatic heterocycles. The van der Waals surface area contributed by atoms with Gasteiger partial charge in [0, 0.05) is 13.3 Å². The number of rotatable bonds is 9. The average molecular weight is 614 g/mol. The Labute approximate surface area is 258 Å². The summed E-state index contributed by atoms with van der Waals surface area (Å²) < 4.78 is 32.4. The highest BCUT2D eigenvalue weighted by Crippen LogP contribution is 2.46. The highest BCUT2D eigenvalue weighted by atomic mass is 32.1. The van der Waals surface area contributed by atoms with Crippen LogP contribution in [0.1, 0.15) is 36.3 Å². The Bertz CT molecular complexity index is 1780. The van der Waals surface area contributed by atoms with Gasteiger partial charge in [-0.15, -0.1) is 0 Å². The molecule has 1 saturated heterocycles. The van der Waals surface area contributed by atoms with Crippen LogP contribution in [0, 0.1) is 4.64 Å². The summed E-state index contributed by atoms with van der Waals surface area (Å²) in [7, 11) is 3.23. The number of nitrogens with two attached hydrogens (primary N) is 1. The molecule has 1 fully saturated rings. The summed E-state index contributed by atoms with van der Waals surface area (Å²) in [6.45, 7) is 1.36. The lowest BCUT2D eigenvalue weighted by molar-refractivity contribution is -0.222. The molecule has 0 spiro atoms. The maximum Gasteiger partial charge on any atom is 0.303 e. The van der Waals surface area contributed by atoms with Crippen LogP contribution in [0.25, 0.3) is 11.2 Å². The van der Waals surface area contributed by atoms with E-state index in [4.69, 9.17) is 41.6 Å². The van der Waals surface area contributed by atoms with Crippen LogP contribution in [0.3, 0.4) is 0 Å². The second-order valence-electron chi connectivity index (χ2n) is 10.2. The summed E-state index contributed by atoms with van der Waals surface area (Å²) in [6, 6.07) is 25.1. The molecule has 0 bridgehead atoms. The fourth-order valence-corrected chi connectivity index (χ4v) is 5.83. The Morgan fingerprint density at radius 3 is 2.14 bits per heavy atom. The van der Waals surface area contributed by atoms with Crippen LogP contribution in [-0.2, 0) is 24.6 Å². The van der Waals surface area contributed by atoms with E-state index in [0.717, 1.165) is 16.7 Å². The molecule has 3 aromatic carbocycles. The predicted molar refractivity (Wildman–Crippen MR) is 165 cm³/mol. The first-order valence-electron chi connectivity index (χ1n) is 13.9. The number of esters is 1. The number of hydrogen-bond acceptors (Lipinski definition) is 10. The zero-order chi connectivity index (χ0) is 30.8. The molecular formula is C32H31N5O6S. The number of carbonyl (C=O) groups excluding carboxylic acids is 1. The third-order valence-corrected chi connectivity index (χ3v) is 7.87. The maximum absolute atomic E-state index is 12.3. The molecule has 0 aliphatic carbocycles. The Morgan fingerprint density at radius 1 is 0.977 bits per heavy atom. The highest BCUT2D eigenvalue weighted by molar-refractivity contribution is 7.71. The Balaban J connectivity index is 1.50. The van der Waals surface area contributed by atoms with Gasteiger partial charge in [-0.3, -0.25) is 9.36 Å². The number of imidazole rings is 1. The zero-order valence-electron chi connectivity index (χ0n) is 24.3. The van der Waals surface area contributed by atoms with Crippen LogP contribution in [0.15, 0.2) is 85.2 Å². The van der Waals surface area contributed by atoms with E-state index in [2.05, 4.69) is 15.0 Å². The lowest BCUT2D eigenvalue weighted by atomic mass is 9.80. The molecule has 12 heteroatoms. The number of aromatic nitrogens is 4. The van der Waals surface area contributed by atoms with Gasteiger partial charge in [0.05, 0.1) is 20.5 Å². The lowest BCUT2D eigenvalue weighted by Crippen LogP contribution is -2.41. The van der Waals surface area contributed by atoms with E-state index in [-0.39, 0.29) is 17.0 Å². The van der Waals surface area contributed by atoms with Crippen molar-refractivity contribution >= 4 is 35.3 Å². The average Bonchev–Trinajstić information content (AvgIpc) is 3.64. The molecule has 0 saturated carbocycles. The Morgan fingerprint density at radius 2 is 1.57 bits per heavy atom. The van der Waals surface area contributed by atoms with Gasteiger partial charge in [0.1, 0.15) is 34.5 Å². The minimum absolute atomic E-state index is 0.147. The van der Waals surface area contributed by atoms with Gasteiger partial charge in [-0.25, -0.2) is 9.97 Å². The first-order valence-corrected chi connectivity index (χ1v) is 14.3. The van der Waals surface area contributed by atoms with Crippen molar-refractivity contribution in [2.24, 2.45) is 0 Å². The topological polar surface area (TPSA) is 136 Å². The van der Waals surface area contributed by atoms with Crippen LogP contribution in [0.4, 0.5) is 5.95 Å². The van der Waals surface area contributed by atoms with E-state index in [1.54, 1.807) is 25.1 Å². The van der Waals surface area contributed by atoms with Crippen LogP contribution in [0.5, 0.6) is 11.5 Å². The van der Waals surface area contributed by atoms with Crippen molar-refractivity contribution in [2.75, 3.05) is 20.0 Å². The third-order valence-electron chi connectivity index (χ3n) is 7.59. The van der Waals surface area contributed by atoms with Gasteiger partial charge in [0.25, 0.3) is 0 Å². The minimum Gasteiger partial charge on any atom is -0.497 e. The molecule has 3 N–H and O–H groups in total. The maximum atomic E-state index is 12.3. The fraction of sp³-hybridized carbons (Fsp3) is 0.250. The van der Waals surface area contributed by atoms with Crippen LogP contribution in [-0.4, -0.2) is 52.1 Å². The Kier molecular flexibility index (Phi) is 8.04. The number of methoxy groups -OCH3 is 2. The SMILES string of the molecule is COc1ccc(C(O[C@H]2O[C@H](n3cnc4c(=S)nc(N)[nH]c43)C[C@H]2OC(C)=O)(c2ccccc2)c2ccc(OC)cc2)cc1. The van der Waals surface area contributed by atoms with Gasteiger partial charge in [0.2, 0.25) is 0 Å². The molecule has 44 heavy (non-hydrogen) atoms. The van der Waals surface area contributed by atoms with E-state index < -0.39 is 30.2 Å². The lowest BCUT2D eigenvalue weighted by Gasteiger charge is -2.38. The monoisotopic (exact) mass is 613 g/mol. The van der Waals surface area contributed by atoms with Crippen molar-refractivity contribution in [1.29, 1.82) is 0 Å². The molecule has 0 radical (unpaired) electrons. The molecule has 1 aliphatic heterocycles. The molecule has 1 aliphatic rings. The molecular weight excluding hydrogens is 582 g/mol. The standard InChI is InChI=1S/C32H31N5O6S/c1-19(38)41-25-17-26(37-18-34-27-28(37)35-31(33)36-29(27)44)42-30(25)43-32(20-7-5-4-6-8-20,21-9-13-23(39-2)14-10-21)22-11-15-24(40-3)16-12-22/h4-16,18,25-26,30H,17H2,1-3H3,(H3,33,35,36,44)/t25-,26+,30-/m1/s1. The summed E-state index contributed by atoms with van der Waals surface area (Å²) in [6.07, 6.45) is -0.547. The van der Waals surface area contributed by atoms with Gasteiger partial charge < -0.3 is 34.4 Å². The van der Waals surface area contributed by atoms with Crippen LogP contribution < -0.4 is 15.2 Å². The van der Waals surface area contributed by atoms with E-state index in [1.807, 2.05) is 78.9 Å². The normalized spacial score (nSPS) is 18.3. The molecule has 3 atom stereocenters. The van der Waals surface area contributed by atoms with Crippen molar-refractivity contribution in [2.45, 2.75) is 37.6 Å². The number of hydrogen-bond donors (Lipinski definition) is 2.